The number of carbonyl (C=O) groups excluding carboxylic acids is 6. The van der Waals surface area contributed by atoms with Gasteiger partial charge in [-0.15, -0.1) is 0 Å². The average Bonchev–Trinajstić information content (AvgIpc) is 3.70. The quantitative estimate of drug-likeness (QED) is 0.0184. The molecule has 2 atom stereocenters. The van der Waals surface area contributed by atoms with Crippen LogP contribution in [0.3, 0.4) is 0 Å². The summed E-state index contributed by atoms with van der Waals surface area (Å²) in [7, 11) is 0. The highest BCUT2D eigenvalue weighted by Crippen LogP contribution is 2.25. The van der Waals surface area contributed by atoms with Crippen LogP contribution in [0.25, 0.3) is 0 Å². The van der Waals surface area contributed by atoms with Gasteiger partial charge in [-0.1, -0.05) is 195 Å². The fourth-order valence-corrected chi connectivity index (χ4v) is 10.3. The molecule has 0 aromatic carbocycles. The lowest BCUT2D eigenvalue weighted by Gasteiger charge is -2.31. The monoisotopic (exact) mass is 1260 g/mol. The molecule has 89 heavy (non-hydrogen) atoms. The van der Waals surface area contributed by atoms with Crippen LogP contribution in [0.4, 0.5) is 4.79 Å². The normalized spacial score (nSPS) is 13.0. The van der Waals surface area contributed by atoms with Gasteiger partial charge in [0.2, 0.25) is 0 Å². The second-order valence-electron chi connectivity index (χ2n) is 24.5. The zero-order valence-corrected chi connectivity index (χ0v) is 58.2. The fraction of sp³-hybridized carbons (Fsp3) is 0.863. The van der Waals surface area contributed by atoms with Crippen molar-refractivity contribution in [2.24, 2.45) is 17.3 Å². The van der Waals surface area contributed by atoms with Gasteiger partial charge in [0.25, 0.3) is 0 Å². The molecule has 0 fully saturated rings. The summed E-state index contributed by atoms with van der Waals surface area (Å²) in [6.45, 7) is 19.8. The SMILES string of the molecule is CC/C=C\CCCCOC(CCC(=O)OCC(COC(=O)CCCCCCCOC(=O)C(CCCC)CCCCCC)(COC(=O)CCCCCCCOC(=O)C(CCCC)CCCCCC)COC(=O)OCCCN(CC)CC)OCCCC/C=C\CC. The molecule has 0 aliphatic carbocycles. The minimum atomic E-state index is -1.48. The van der Waals surface area contributed by atoms with E-state index in [1.807, 2.05) is 0 Å². The summed E-state index contributed by atoms with van der Waals surface area (Å²) in [4.78, 5) is 82.1. The van der Waals surface area contributed by atoms with Gasteiger partial charge in [-0.25, -0.2) is 4.79 Å². The molecule has 0 heterocycles. The standard InChI is InChI=1S/C73H133NO15/c1-9-17-23-27-33-41-55-81-69(82-56-42-34-28-24-18-10-2)53-52-68(77)88-62-73(63-89-72(80)85-59-45-54-74(15-7)16-8,60-86-66(75)50-39-31-29-35-43-57-83-70(78)64(46-21-13-5)48-37-25-19-11-3)61-87-67(76)51-40-32-30-36-44-58-84-71(79)65(47-22-14-6)49-38-26-20-12-4/h17-18,23-24,64-65,69H,9-16,19-22,25-63H2,1-8H3/b23-17-,24-18-. The molecule has 0 saturated carbocycles. The minimum absolute atomic E-state index is 0.0344. The van der Waals surface area contributed by atoms with E-state index in [4.69, 9.17) is 42.6 Å². The molecule has 520 valence electrons. The Morgan fingerprint density at radius 2 is 0.730 bits per heavy atom. The Morgan fingerprint density at radius 3 is 1.17 bits per heavy atom. The third-order valence-electron chi connectivity index (χ3n) is 16.2. The molecule has 0 aliphatic heterocycles. The number of esters is 5. The Hall–Kier alpha value is -4.02. The highest BCUT2D eigenvalue weighted by Gasteiger charge is 2.38. The van der Waals surface area contributed by atoms with Crippen LogP contribution in [0.5, 0.6) is 0 Å². The van der Waals surface area contributed by atoms with E-state index in [1.165, 1.54) is 12.8 Å². The lowest BCUT2D eigenvalue weighted by atomic mass is 9.92. The van der Waals surface area contributed by atoms with E-state index < -0.39 is 49.0 Å². The van der Waals surface area contributed by atoms with Crippen molar-refractivity contribution in [3.05, 3.63) is 24.3 Å². The van der Waals surface area contributed by atoms with Gasteiger partial charge in [-0.2, -0.15) is 0 Å². The molecule has 16 heteroatoms. The van der Waals surface area contributed by atoms with Gasteiger partial charge in [0.15, 0.2) is 6.29 Å². The summed E-state index contributed by atoms with van der Waals surface area (Å²) in [6, 6.07) is 0. The van der Waals surface area contributed by atoms with Crippen LogP contribution in [0, 0.1) is 17.3 Å². The van der Waals surface area contributed by atoms with E-state index in [2.05, 4.69) is 84.6 Å². The smallest absolute Gasteiger partial charge is 0.465 e. The summed E-state index contributed by atoms with van der Waals surface area (Å²) in [6.07, 6.45) is 39.9. The maximum atomic E-state index is 13.7. The van der Waals surface area contributed by atoms with Gasteiger partial charge in [0.05, 0.1) is 38.1 Å². The molecule has 0 saturated heterocycles. The topological polar surface area (TPSA) is 189 Å². The van der Waals surface area contributed by atoms with E-state index in [0.29, 0.717) is 45.7 Å². The molecule has 0 amide bonds. The van der Waals surface area contributed by atoms with Gasteiger partial charge in [0.1, 0.15) is 31.8 Å². The van der Waals surface area contributed by atoms with E-state index in [9.17, 15) is 28.8 Å². The maximum absolute atomic E-state index is 13.7. The van der Waals surface area contributed by atoms with Crippen LogP contribution in [-0.4, -0.2) is 126 Å². The first-order valence-electron chi connectivity index (χ1n) is 36.2. The summed E-state index contributed by atoms with van der Waals surface area (Å²) in [5, 5.41) is 0. The van der Waals surface area contributed by atoms with E-state index in [1.54, 1.807) is 0 Å². The lowest BCUT2D eigenvalue weighted by Crippen LogP contribution is -2.44. The Morgan fingerprint density at radius 1 is 0.348 bits per heavy atom. The highest BCUT2D eigenvalue weighted by molar-refractivity contribution is 5.73. The zero-order chi connectivity index (χ0) is 65.5. The first-order chi connectivity index (χ1) is 43.4. The number of ether oxygens (including phenoxy) is 9. The summed E-state index contributed by atoms with van der Waals surface area (Å²) >= 11 is 0. The predicted molar refractivity (Wildman–Crippen MR) is 357 cm³/mol. The number of allylic oxidation sites excluding steroid dienone is 4. The van der Waals surface area contributed by atoms with Crippen LogP contribution in [-0.2, 0) is 66.6 Å². The third kappa shape index (κ3) is 52.2. The number of rotatable bonds is 65. The van der Waals surface area contributed by atoms with E-state index in [0.717, 1.165) is 212 Å². The van der Waals surface area contributed by atoms with Crippen molar-refractivity contribution in [1.29, 1.82) is 0 Å². The molecular formula is C73H133NO15. The van der Waals surface area contributed by atoms with Gasteiger partial charge in [0, 0.05) is 39.0 Å². The molecule has 0 spiro atoms. The molecule has 0 aromatic rings. The Bertz CT molecular complexity index is 1660. The largest absolute Gasteiger partial charge is 0.508 e. The van der Waals surface area contributed by atoms with Crippen LogP contribution in [0.15, 0.2) is 24.3 Å². The molecule has 0 radical (unpaired) electrons. The Labute approximate surface area is 542 Å². The van der Waals surface area contributed by atoms with Gasteiger partial charge in [-0.3, -0.25) is 24.0 Å². The van der Waals surface area contributed by atoms with E-state index in [-0.39, 0.29) is 69.3 Å². The zero-order valence-electron chi connectivity index (χ0n) is 58.2. The van der Waals surface area contributed by atoms with Crippen molar-refractivity contribution in [1.82, 2.24) is 4.90 Å². The molecular weight excluding hydrogens is 1130 g/mol. The molecule has 2 unspecified atom stereocenters. The molecule has 16 nitrogen and oxygen atoms in total. The second kappa shape index (κ2) is 62.8. The summed E-state index contributed by atoms with van der Waals surface area (Å²) in [5.74, 6) is -1.79. The van der Waals surface area contributed by atoms with Crippen molar-refractivity contribution >= 4 is 36.0 Å². The summed E-state index contributed by atoms with van der Waals surface area (Å²) in [5.41, 5.74) is -1.48. The predicted octanol–water partition coefficient (Wildman–Crippen LogP) is 18.2. The number of carbonyl (C=O) groups is 6. The molecule has 0 bridgehead atoms. The van der Waals surface area contributed by atoms with Crippen molar-refractivity contribution in [2.75, 3.05) is 79.1 Å². The first kappa shape index (κ1) is 85.0. The van der Waals surface area contributed by atoms with Crippen LogP contribution >= 0.6 is 0 Å². The number of hydrogen-bond acceptors (Lipinski definition) is 16. The number of nitrogens with zero attached hydrogens (tertiary/aromatic N) is 1. The molecule has 0 aliphatic rings. The van der Waals surface area contributed by atoms with Gasteiger partial charge < -0.3 is 47.5 Å². The average molecular weight is 1260 g/mol. The molecule has 0 N–H and O–H groups in total. The Kier molecular flexibility index (Phi) is 59.9. The number of unbranched alkanes of at least 4 members (excludes halogenated alkanes) is 20. The summed E-state index contributed by atoms with van der Waals surface area (Å²) < 4.78 is 52.7. The minimum Gasteiger partial charge on any atom is -0.465 e. The van der Waals surface area contributed by atoms with Crippen molar-refractivity contribution < 1.29 is 71.4 Å². The second-order valence-corrected chi connectivity index (χ2v) is 24.5. The van der Waals surface area contributed by atoms with Crippen molar-refractivity contribution in [3.8, 4) is 0 Å². The molecule has 0 aromatic heterocycles. The maximum Gasteiger partial charge on any atom is 0.508 e. The van der Waals surface area contributed by atoms with Crippen molar-refractivity contribution in [3.63, 3.8) is 0 Å². The van der Waals surface area contributed by atoms with Gasteiger partial charge >= 0.3 is 36.0 Å². The lowest BCUT2D eigenvalue weighted by molar-refractivity contribution is -0.170. The van der Waals surface area contributed by atoms with Gasteiger partial charge in [-0.05, 0) is 122 Å². The molecule has 0 rings (SSSR count). The first-order valence-corrected chi connectivity index (χ1v) is 36.2. The Balaban J connectivity index is 6.13. The van der Waals surface area contributed by atoms with Crippen LogP contribution in [0.2, 0.25) is 0 Å². The van der Waals surface area contributed by atoms with Crippen LogP contribution in [0.1, 0.15) is 306 Å². The van der Waals surface area contributed by atoms with E-state index >= 15 is 0 Å². The highest BCUT2D eigenvalue weighted by atomic mass is 16.7. The fourth-order valence-electron chi connectivity index (χ4n) is 10.3. The third-order valence-corrected chi connectivity index (χ3v) is 16.2. The number of hydrogen-bond donors (Lipinski definition) is 0. The van der Waals surface area contributed by atoms with Crippen molar-refractivity contribution in [2.45, 2.75) is 312 Å². The van der Waals surface area contributed by atoms with Crippen LogP contribution < -0.4 is 0 Å².